The van der Waals surface area contributed by atoms with E-state index in [2.05, 4.69) is 16.0 Å². The molecule has 0 unspecified atom stereocenters. The Labute approximate surface area is 151 Å². The van der Waals surface area contributed by atoms with Gasteiger partial charge in [-0.2, -0.15) is 0 Å². The van der Waals surface area contributed by atoms with E-state index in [0.29, 0.717) is 23.5 Å². The summed E-state index contributed by atoms with van der Waals surface area (Å²) in [6, 6.07) is 13.0. The second-order valence-corrected chi connectivity index (χ2v) is 5.51. The number of rotatable bonds is 7. The van der Waals surface area contributed by atoms with Gasteiger partial charge in [0.05, 0.1) is 18.7 Å². The van der Waals surface area contributed by atoms with Crippen LogP contribution in [-0.2, 0) is 9.53 Å². The van der Waals surface area contributed by atoms with Crippen molar-refractivity contribution in [2.45, 2.75) is 13.8 Å². The molecule has 7 nitrogen and oxygen atoms in total. The number of ketones is 1. The Morgan fingerprint density at radius 1 is 0.846 bits per heavy atom. The Bertz CT molecular complexity index is 770. The van der Waals surface area contributed by atoms with Crippen LogP contribution in [0, 0.1) is 0 Å². The van der Waals surface area contributed by atoms with Gasteiger partial charge in [0.25, 0.3) is 0 Å². The summed E-state index contributed by atoms with van der Waals surface area (Å²) in [7, 11) is 0. The van der Waals surface area contributed by atoms with E-state index in [1.165, 1.54) is 6.92 Å². The van der Waals surface area contributed by atoms with Crippen LogP contribution >= 0.6 is 0 Å². The molecule has 0 aliphatic rings. The van der Waals surface area contributed by atoms with E-state index in [1.54, 1.807) is 55.5 Å². The van der Waals surface area contributed by atoms with Crippen molar-refractivity contribution in [3.05, 3.63) is 54.1 Å². The zero-order valence-corrected chi connectivity index (χ0v) is 14.7. The maximum absolute atomic E-state index is 12.0. The predicted octanol–water partition coefficient (Wildman–Crippen LogP) is 3.51. The number of amides is 2. The van der Waals surface area contributed by atoms with E-state index in [0.717, 1.165) is 5.69 Å². The Morgan fingerprint density at radius 3 is 1.85 bits per heavy atom. The van der Waals surface area contributed by atoms with Crippen LogP contribution in [0.4, 0.5) is 21.9 Å². The number of esters is 1. The van der Waals surface area contributed by atoms with Crippen LogP contribution < -0.4 is 16.0 Å². The summed E-state index contributed by atoms with van der Waals surface area (Å²) in [5.41, 5.74) is 2.38. The topological polar surface area (TPSA) is 96.5 Å². The molecule has 0 aliphatic heterocycles. The summed E-state index contributed by atoms with van der Waals surface area (Å²) in [6.07, 6.45) is 0. The van der Waals surface area contributed by atoms with E-state index in [4.69, 9.17) is 4.74 Å². The van der Waals surface area contributed by atoms with Crippen LogP contribution in [0.2, 0.25) is 0 Å². The second-order valence-electron chi connectivity index (χ2n) is 5.51. The van der Waals surface area contributed by atoms with E-state index in [9.17, 15) is 14.4 Å². The number of ether oxygens (including phenoxy) is 1. The molecule has 0 aliphatic carbocycles. The largest absolute Gasteiger partial charge is 0.462 e. The summed E-state index contributed by atoms with van der Waals surface area (Å²) < 4.78 is 4.91. The highest BCUT2D eigenvalue weighted by molar-refractivity contribution is 6.00. The van der Waals surface area contributed by atoms with Crippen molar-refractivity contribution in [1.29, 1.82) is 0 Å². The fraction of sp³-hybridized carbons (Fsp3) is 0.211. The number of hydrogen-bond donors (Lipinski definition) is 3. The van der Waals surface area contributed by atoms with Crippen LogP contribution in [0.25, 0.3) is 0 Å². The summed E-state index contributed by atoms with van der Waals surface area (Å²) in [5.74, 6) is -0.359. The molecule has 0 radical (unpaired) electrons. The molecule has 0 atom stereocenters. The van der Waals surface area contributed by atoms with Gasteiger partial charge in [-0.3, -0.25) is 4.79 Å². The van der Waals surface area contributed by atoms with E-state index < -0.39 is 12.0 Å². The molecule has 136 valence electrons. The molecule has 0 spiro atoms. The van der Waals surface area contributed by atoms with Gasteiger partial charge in [0, 0.05) is 17.1 Å². The first-order chi connectivity index (χ1) is 12.5. The zero-order chi connectivity index (χ0) is 18.9. The number of carbonyl (C=O) groups is 3. The van der Waals surface area contributed by atoms with Crippen molar-refractivity contribution in [1.82, 2.24) is 0 Å². The molecule has 0 heterocycles. The Balaban J connectivity index is 1.88. The summed E-state index contributed by atoms with van der Waals surface area (Å²) in [5, 5.41) is 8.36. The normalized spacial score (nSPS) is 9.92. The number of carbonyl (C=O) groups excluding carboxylic acids is 3. The first-order valence-electron chi connectivity index (χ1n) is 8.16. The van der Waals surface area contributed by atoms with Crippen LogP contribution in [0.1, 0.15) is 24.2 Å². The maximum Gasteiger partial charge on any atom is 0.338 e. The first kappa shape index (κ1) is 19.0. The number of anilines is 3. The molecule has 0 saturated carbocycles. The Kier molecular flexibility index (Phi) is 6.73. The van der Waals surface area contributed by atoms with Gasteiger partial charge in [0.2, 0.25) is 0 Å². The molecule has 0 saturated heterocycles. The molecule has 2 amide bonds. The summed E-state index contributed by atoms with van der Waals surface area (Å²) in [6.45, 7) is 3.82. The SMILES string of the molecule is CCOC(=O)c1ccc(NC(=O)Nc2ccc(NCC(C)=O)cc2)cc1. The summed E-state index contributed by atoms with van der Waals surface area (Å²) in [4.78, 5) is 34.6. The molecule has 2 aromatic carbocycles. The van der Waals surface area contributed by atoms with Gasteiger partial charge in [0.1, 0.15) is 5.78 Å². The van der Waals surface area contributed by atoms with Gasteiger partial charge in [-0.15, -0.1) is 0 Å². The van der Waals surface area contributed by atoms with Gasteiger partial charge in [0.15, 0.2) is 0 Å². The van der Waals surface area contributed by atoms with Crippen molar-refractivity contribution in [3.8, 4) is 0 Å². The fourth-order valence-electron chi connectivity index (χ4n) is 2.10. The van der Waals surface area contributed by atoms with Crippen LogP contribution in [0.3, 0.4) is 0 Å². The molecule has 2 aromatic rings. The number of nitrogens with one attached hydrogen (secondary N) is 3. The van der Waals surface area contributed by atoms with Crippen molar-refractivity contribution >= 4 is 34.8 Å². The molecule has 7 heteroatoms. The van der Waals surface area contributed by atoms with Crippen LogP contribution in [-0.4, -0.2) is 30.9 Å². The van der Waals surface area contributed by atoms with Gasteiger partial charge < -0.3 is 20.7 Å². The highest BCUT2D eigenvalue weighted by atomic mass is 16.5. The predicted molar refractivity (Wildman–Crippen MR) is 101 cm³/mol. The molecule has 0 aromatic heterocycles. The minimum Gasteiger partial charge on any atom is -0.462 e. The molecular weight excluding hydrogens is 334 g/mol. The third kappa shape index (κ3) is 5.94. The lowest BCUT2D eigenvalue weighted by atomic mass is 10.2. The average Bonchev–Trinajstić information content (AvgIpc) is 2.62. The van der Waals surface area contributed by atoms with Crippen LogP contribution in [0.15, 0.2) is 48.5 Å². The molecule has 3 N–H and O–H groups in total. The minimum absolute atomic E-state index is 0.0422. The van der Waals surface area contributed by atoms with E-state index in [1.807, 2.05) is 0 Å². The maximum atomic E-state index is 12.0. The quantitative estimate of drug-likeness (QED) is 0.661. The molecular formula is C19H21N3O4. The average molecular weight is 355 g/mol. The zero-order valence-electron chi connectivity index (χ0n) is 14.7. The molecule has 0 bridgehead atoms. The Hall–Kier alpha value is -3.35. The Morgan fingerprint density at radius 2 is 1.35 bits per heavy atom. The highest BCUT2D eigenvalue weighted by Crippen LogP contribution is 2.15. The van der Waals surface area contributed by atoms with Crippen molar-refractivity contribution in [3.63, 3.8) is 0 Å². The monoisotopic (exact) mass is 355 g/mol. The smallest absolute Gasteiger partial charge is 0.338 e. The number of Topliss-reactive ketones (excluding diaryl/α,β-unsaturated/α-hetero) is 1. The number of hydrogen-bond acceptors (Lipinski definition) is 5. The number of benzene rings is 2. The first-order valence-corrected chi connectivity index (χ1v) is 8.16. The van der Waals surface area contributed by atoms with E-state index in [-0.39, 0.29) is 12.3 Å². The van der Waals surface area contributed by atoms with Gasteiger partial charge in [-0.1, -0.05) is 0 Å². The third-order valence-electron chi connectivity index (χ3n) is 3.34. The highest BCUT2D eigenvalue weighted by Gasteiger charge is 2.07. The lowest BCUT2D eigenvalue weighted by Gasteiger charge is -2.09. The van der Waals surface area contributed by atoms with Crippen molar-refractivity contribution < 1.29 is 19.1 Å². The number of urea groups is 1. The lowest BCUT2D eigenvalue weighted by Crippen LogP contribution is -2.19. The minimum atomic E-state index is -0.404. The van der Waals surface area contributed by atoms with Gasteiger partial charge >= 0.3 is 12.0 Å². The standard InChI is InChI=1S/C19H21N3O4/c1-3-26-18(24)14-4-6-16(7-5-14)21-19(25)22-17-10-8-15(9-11-17)20-12-13(2)23/h4-11,20H,3,12H2,1-2H3,(H2,21,22,25). The second kappa shape index (κ2) is 9.22. The lowest BCUT2D eigenvalue weighted by molar-refractivity contribution is -0.115. The van der Waals surface area contributed by atoms with Crippen molar-refractivity contribution in [2.24, 2.45) is 0 Å². The van der Waals surface area contributed by atoms with Crippen molar-refractivity contribution in [2.75, 3.05) is 29.1 Å². The van der Waals surface area contributed by atoms with Crippen LogP contribution in [0.5, 0.6) is 0 Å². The summed E-state index contributed by atoms with van der Waals surface area (Å²) >= 11 is 0. The fourth-order valence-corrected chi connectivity index (χ4v) is 2.10. The molecule has 0 fully saturated rings. The molecule has 26 heavy (non-hydrogen) atoms. The van der Waals surface area contributed by atoms with E-state index >= 15 is 0 Å². The third-order valence-corrected chi connectivity index (χ3v) is 3.34. The molecule has 2 rings (SSSR count). The van der Waals surface area contributed by atoms with Gasteiger partial charge in [-0.25, -0.2) is 9.59 Å². The van der Waals surface area contributed by atoms with Gasteiger partial charge in [-0.05, 0) is 62.4 Å².